The molecule has 450 valence electrons. The number of hydrogen-bond acceptors (Lipinski definition) is 18. The molecule has 21 heteroatoms. The molecule has 87 heavy (non-hydrogen) atoms. The normalized spacial score (nSPS) is 18.0. The zero-order valence-electron chi connectivity index (χ0n) is 48.8. The van der Waals surface area contributed by atoms with Gasteiger partial charge in [0.2, 0.25) is 5.60 Å². The van der Waals surface area contributed by atoms with Gasteiger partial charge in [0.05, 0.1) is 17.7 Å². The number of ether oxygens (including phenoxy) is 8. The lowest BCUT2D eigenvalue weighted by Crippen LogP contribution is -2.50. The van der Waals surface area contributed by atoms with E-state index in [1.807, 2.05) is 39.0 Å². The largest absolute Gasteiger partial charge is 0.489 e. The van der Waals surface area contributed by atoms with Crippen LogP contribution < -0.4 is 23.8 Å². The highest BCUT2D eigenvalue weighted by Gasteiger charge is 2.60. The van der Waals surface area contributed by atoms with Crippen molar-refractivity contribution in [2.75, 3.05) is 31.3 Å². The van der Waals surface area contributed by atoms with Crippen molar-refractivity contribution >= 4 is 47.6 Å². The Labute approximate surface area is 500 Å². The maximum atomic E-state index is 14.8. The van der Waals surface area contributed by atoms with Crippen molar-refractivity contribution in [1.29, 1.82) is 15.8 Å². The topological polar surface area (TPSA) is 251 Å². The van der Waals surface area contributed by atoms with Crippen LogP contribution in [0.25, 0.3) is 6.08 Å². The van der Waals surface area contributed by atoms with Crippen molar-refractivity contribution in [3.8, 4) is 41.2 Å². The maximum absolute atomic E-state index is 14.8. The van der Waals surface area contributed by atoms with E-state index in [1.54, 1.807) is 6.07 Å². The number of rotatable bonds is 21. The number of fused-ring (bicyclic) bond motifs is 1. The van der Waals surface area contributed by atoms with E-state index in [2.05, 4.69) is 58.1 Å². The van der Waals surface area contributed by atoms with Crippen molar-refractivity contribution in [3.63, 3.8) is 0 Å². The quantitative estimate of drug-likeness (QED) is 0.0316. The van der Waals surface area contributed by atoms with Gasteiger partial charge in [-0.1, -0.05) is 77.5 Å². The number of nitriles is 3. The molecule has 3 aliphatic rings. The molecule has 0 bridgehead atoms. The average Bonchev–Trinajstić information content (AvgIpc) is 1.79. The number of carbonyl (C=O) groups is 6. The summed E-state index contributed by atoms with van der Waals surface area (Å²) in [5, 5.41) is 29.2. The van der Waals surface area contributed by atoms with Crippen LogP contribution in [-0.4, -0.2) is 79.5 Å². The van der Waals surface area contributed by atoms with Crippen LogP contribution in [-0.2, 0) is 38.1 Å². The van der Waals surface area contributed by atoms with Gasteiger partial charge in [-0.2, -0.15) is 29.0 Å². The van der Waals surface area contributed by atoms with E-state index < -0.39 is 81.0 Å². The van der Waals surface area contributed by atoms with Crippen molar-refractivity contribution in [2.24, 2.45) is 5.41 Å². The molecule has 2 atom stereocenters. The number of esters is 6. The highest BCUT2D eigenvalue weighted by atomic mass is 19.4. The fraction of sp³-hybridized carbons (Fsp3) is 0.288. The van der Waals surface area contributed by atoms with Gasteiger partial charge in [-0.05, 0) is 123 Å². The Balaban J connectivity index is 1.36. The highest BCUT2D eigenvalue weighted by Crippen LogP contribution is 2.50. The van der Waals surface area contributed by atoms with Gasteiger partial charge in [-0.3, -0.25) is 0 Å². The molecule has 0 N–H and O–H groups in total. The van der Waals surface area contributed by atoms with Gasteiger partial charge in [0, 0.05) is 53.2 Å². The molecular weight excluding hydrogens is 1130 g/mol. The highest BCUT2D eigenvalue weighted by molar-refractivity contribution is 5.93. The Hall–Kier alpha value is -10.5. The lowest BCUT2D eigenvalue weighted by molar-refractivity contribution is -0.236. The van der Waals surface area contributed by atoms with Gasteiger partial charge in [0.1, 0.15) is 72.4 Å². The van der Waals surface area contributed by atoms with Crippen LogP contribution in [0.5, 0.6) is 23.0 Å². The first-order valence-electron chi connectivity index (χ1n) is 26.8. The van der Waals surface area contributed by atoms with Crippen LogP contribution in [0.1, 0.15) is 104 Å². The van der Waals surface area contributed by atoms with Crippen molar-refractivity contribution in [2.45, 2.75) is 91.0 Å². The lowest BCUT2D eigenvalue weighted by Gasteiger charge is -2.47. The van der Waals surface area contributed by atoms with Crippen molar-refractivity contribution in [3.05, 3.63) is 191 Å². The third kappa shape index (κ3) is 15.9. The van der Waals surface area contributed by atoms with Crippen LogP contribution >= 0.6 is 0 Å². The number of aryl methyl sites for hydroxylation is 1. The molecule has 3 aromatic carbocycles. The van der Waals surface area contributed by atoms with Gasteiger partial charge in [-0.25, -0.2) is 28.8 Å². The molecule has 0 amide bonds. The molecule has 2 unspecified atom stereocenters. The SMILES string of the molecule is C=CC(=O)Oc1cc(OC(=O)C=C)cc(C(=O)OCCOC2=C(/C=C/c3cc4c(cc3C)N(CCOC(=O)c3cc(OC(=O)C=C)cc(OC(=O)C=C)c3)C(C)(C)CC4C)CC(C)(C)C/C2=C\C=C\C2=C(C#N)C(=C(C#N)C#N)OC2(C)C(F)(F)F)c1. The molecular formula is C66H61F3N4O14. The minimum Gasteiger partial charge on any atom is -0.489 e. The number of benzene rings is 3. The molecule has 0 saturated heterocycles. The second-order valence-electron chi connectivity index (χ2n) is 21.6. The van der Waals surface area contributed by atoms with E-state index in [1.165, 1.54) is 60.7 Å². The molecule has 6 rings (SSSR count). The molecule has 0 saturated carbocycles. The standard InChI is InChI=1S/C66H61F3N4O14/c1-12-55(74)83-47-26-44(27-48(31-47)84-56(75)13-2)61(78)81-22-21-73-54-25-39(5)41(30-51(54)40(6)33-64(73,9)10)19-20-43-35-63(7,8)34-42(17-16-18-53-52(38-72)60(46(36-70)37-71)87-65(53,11)66(67,68)69)59(43)80-23-24-82-62(79)45-28-49(85-57(76)14-3)32-50(29-45)86-58(77)15-4/h12-20,25-32,40H,1-4,21-24,33-35H2,5-11H3/b18-16+,20-19+,42-17+. The second kappa shape index (κ2) is 27.5. The summed E-state index contributed by atoms with van der Waals surface area (Å²) >= 11 is 0. The number of halogens is 3. The summed E-state index contributed by atoms with van der Waals surface area (Å²) in [6.45, 7) is 25.9. The zero-order chi connectivity index (χ0) is 64.2. The number of anilines is 1. The van der Waals surface area contributed by atoms with E-state index >= 15 is 0 Å². The average molecular weight is 1190 g/mol. The first-order chi connectivity index (χ1) is 41.0. The van der Waals surface area contributed by atoms with Crippen LogP contribution in [0.2, 0.25) is 0 Å². The molecule has 2 heterocycles. The van der Waals surface area contributed by atoms with Crippen LogP contribution in [0, 0.1) is 46.3 Å². The van der Waals surface area contributed by atoms with Crippen LogP contribution in [0.3, 0.4) is 0 Å². The van der Waals surface area contributed by atoms with Gasteiger partial charge >= 0.3 is 42.0 Å². The Bertz CT molecular complexity index is 3610. The fourth-order valence-corrected chi connectivity index (χ4v) is 10.1. The summed E-state index contributed by atoms with van der Waals surface area (Å²) in [6, 6.07) is 16.1. The zero-order valence-corrected chi connectivity index (χ0v) is 48.8. The van der Waals surface area contributed by atoms with E-state index in [-0.39, 0.29) is 66.4 Å². The minimum atomic E-state index is -5.11. The molecule has 0 radical (unpaired) electrons. The van der Waals surface area contributed by atoms with Gasteiger partial charge in [0.25, 0.3) is 0 Å². The smallest absolute Gasteiger partial charge is 0.432 e. The Morgan fingerprint density at radius 2 is 1.21 bits per heavy atom. The Kier molecular flexibility index (Phi) is 20.8. The monoisotopic (exact) mass is 1190 g/mol. The van der Waals surface area contributed by atoms with E-state index in [0.29, 0.717) is 43.1 Å². The van der Waals surface area contributed by atoms with Gasteiger partial charge in [0.15, 0.2) is 11.3 Å². The van der Waals surface area contributed by atoms with E-state index in [9.17, 15) is 57.7 Å². The maximum Gasteiger partial charge on any atom is 0.432 e. The van der Waals surface area contributed by atoms with Gasteiger partial charge < -0.3 is 42.8 Å². The van der Waals surface area contributed by atoms with Gasteiger partial charge in [-0.15, -0.1) is 0 Å². The summed E-state index contributed by atoms with van der Waals surface area (Å²) in [7, 11) is 0. The second-order valence-corrected chi connectivity index (χ2v) is 21.6. The predicted octanol–water partition coefficient (Wildman–Crippen LogP) is 12.2. The third-order valence-electron chi connectivity index (χ3n) is 14.0. The minimum absolute atomic E-state index is 0.0486. The molecule has 0 spiro atoms. The predicted molar refractivity (Wildman–Crippen MR) is 311 cm³/mol. The summed E-state index contributed by atoms with van der Waals surface area (Å²) in [5.41, 5.74) is -1.67. The van der Waals surface area contributed by atoms with E-state index in [0.717, 1.165) is 52.8 Å². The molecule has 1 aliphatic carbocycles. The Morgan fingerprint density at radius 1 is 0.701 bits per heavy atom. The molecule has 18 nitrogen and oxygen atoms in total. The van der Waals surface area contributed by atoms with Crippen molar-refractivity contribution < 1.29 is 79.8 Å². The van der Waals surface area contributed by atoms with Crippen molar-refractivity contribution in [1.82, 2.24) is 0 Å². The number of nitrogens with zero attached hydrogens (tertiary/aromatic N) is 4. The van der Waals surface area contributed by atoms with Crippen LogP contribution in [0.15, 0.2) is 163 Å². The summed E-state index contributed by atoms with van der Waals surface area (Å²) in [6.07, 6.45) is 7.57. The first kappa shape index (κ1) is 65.7. The third-order valence-corrected chi connectivity index (χ3v) is 14.0. The first-order valence-corrected chi connectivity index (χ1v) is 26.8. The number of alkyl halides is 3. The van der Waals surface area contributed by atoms with E-state index in [4.69, 9.17) is 37.9 Å². The number of allylic oxidation sites excluding steroid dienone is 7. The molecule has 3 aromatic rings. The fourth-order valence-electron chi connectivity index (χ4n) is 10.1. The van der Waals surface area contributed by atoms with Crippen LogP contribution in [0.4, 0.5) is 18.9 Å². The number of carbonyl (C=O) groups excluding carboxylic acids is 6. The lowest BCUT2D eigenvalue weighted by atomic mass is 9.74. The Morgan fingerprint density at radius 3 is 1.68 bits per heavy atom. The molecule has 0 aromatic heterocycles. The summed E-state index contributed by atoms with van der Waals surface area (Å²) in [5.74, 6) is -6.04. The summed E-state index contributed by atoms with van der Waals surface area (Å²) < 4.78 is 88.3. The molecule has 0 fully saturated rings. The molecule has 2 aliphatic heterocycles. The summed E-state index contributed by atoms with van der Waals surface area (Å²) in [4.78, 5) is 77.3. The number of hydrogen-bond donors (Lipinski definition) is 0.